The first-order valence-electron chi connectivity index (χ1n) is 8.41. The zero-order valence-corrected chi connectivity index (χ0v) is 14.1. The number of rotatable bonds is 5. The van der Waals surface area contributed by atoms with E-state index in [9.17, 15) is 4.79 Å². The summed E-state index contributed by atoms with van der Waals surface area (Å²) in [4.78, 5) is 14.7. The lowest BCUT2D eigenvalue weighted by Gasteiger charge is -2.19. The number of methoxy groups -OCH3 is 1. The summed E-state index contributed by atoms with van der Waals surface area (Å²) >= 11 is 0. The van der Waals surface area contributed by atoms with Crippen molar-refractivity contribution in [3.63, 3.8) is 0 Å². The number of carbonyl (C=O) groups is 1. The van der Waals surface area contributed by atoms with E-state index in [1.165, 1.54) is 0 Å². The molecular weight excluding hydrogens is 300 g/mol. The van der Waals surface area contributed by atoms with Gasteiger partial charge in [0.1, 0.15) is 0 Å². The topological polar surface area (TPSA) is 55.6 Å². The van der Waals surface area contributed by atoms with Crippen molar-refractivity contribution in [3.05, 3.63) is 59.7 Å². The van der Waals surface area contributed by atoms with Gasteiger partial charge in [-0.1, -0.05) is 42.5 Å². The van der Waals surface area contributed by atoms with Crippen LogP contribution in [-0.2, 0) is 11.2 Å². The summed E-state index contributed by atoms with van der Waals surface area (Å²) < 4.78 is 5.22. The van der Waals surface area contributed by atoms with Crippen molar-refractivity contribution in [2.75, 3.05) is 26.8 Å². The summed E-state index contributed by atoms with van der Waals surface area (Å²) in [5, 5.41) is 0. The number of benzene rings is 2. The predicted octanol–water partition coefficient (Wildman–Crippen LogP) is 2.72. The van der Waals surface area contributed by atoms with E-state index in [0.29, 0.717) is 13.2 Å². The van der Waals surface area contributed by atoms with E-state index in [-0.39, 0.29) is 11.9 Å². The van der Waals surface area contributed by atoms with E-state index in [2.05, 4.69) is 18.2 Å². The normalized spacial score (nSPS) is 17.2. The number of hydrogen-bond acceptors (Lipinski definition) is 3. The highest BCUT2D eigenvalue weighted by atomic mass is 16.5. The van der Waals surface area contributed by atoms with Crippen LogP contribution in [0.3, 0.4) is 0 Å². The Balaban J connectivity index is 1.91. The van der Waals surface area contributed by atoms with E-state index in [1.807, 2.05) is 35.2 Å². The van der Waals surface area contributed by atoms with Crippen LogP contribution in [0.15, 0.2) is 48.5 Å². The highest BCUT2D eigenvalue weighted by Gasteiger charge is 2.26. The second-order valence-corrected chi connectivity index (χ2v) is 6.28. The Labute approximate surface area is 143 Å². The zero-order chi connectivity index (χ0) is 16.9. The van der Waals surface area contributed by atoms with Gasteiger partial charge < -0.3 is 15.4 Å². The number of carbonyl (C=O) groups excluding carboxylic acids is 1. The van der Waals surface area contributed by atoms with Crippen LogP contribution < -0.4 is 5.73 Å². The van der Waals surface area contributed by atoms with Crippen molar-refractivity contribution >= 4 is 5.91 Å². The SMILES string of the molecule is COCCc1cc(-c2ccccc2)ccc1C(=O)N1CC[C@H](N)C1. The van der Waals surface area contributed by atoms with E-state index in [0.717, 1.165) is 41.6 Å². The van der Waals surface area contributed by atoms with Crippen LogP contribution in [0.5, 0.6) is 0 Å². The number of amides is 1. The highest BCUT2D eigenvalue weighted by molar-refractivity contribution is 5.96. The van der Waals surface area contributed by atoms with Gasteiger partial charge in [0, 0.05) is 31.8 Å². The summed E-state index contributed by atoms with van der Waals surface area (Å²) in [5.41, 5.74) is 10.0. The van der Waals surface area contributed by atoms with Gasteiger partial charge in [-0.15, -0.1) is 0 Å². The van der Waals surface area contributed by atoms with Crippen molar-refractivity contribution in [3.8, 4) is 11.1 Å². The lowest BCUT2D eigenvalue weighted by Crippen LogP contribution is -2.32. The molecule has 1 atom stereocenters. The van der Waals surface area contributed by atoms with Crippen molar-refractivity contribution in [2.45, 2.75) is 18.9 Å². The fourth-order valence-corrected chi connectivity index (χ4v) is 3.17. The molecule has 1 heterocycles. The number of likely N-dealkylation sites (tertiary alicyclic amines) is 1. The number of nitrogens with zero attached hydrogens (tertiary/aromatic N) is 1. The Morgan fingerprint density at radius 3 is 2.67 bits per heavy atom. The average molecular weight is 324 g/mol. The van der Waals surface area contributed by atoms with E-state index >= 15 is 0 Å². The van der Waals surface area contributed by atoms with Gasteiger partial charge in [0.25, 0.3) is 5.91 Å². The molecule has 1 fully saturated rings. The van der Waals surface area contributed by atoms with Gasteiger partial charge in [-0.3, -0.25) is 4.79 Å². The molecule has 24 heavy (non-hydrogen) atoms. The molecule has 3 rings (SSSR count). The van der Waals surface area contributed by atoms with Gasteiger partial charge in [0.15, 0.2) is 0 Å². The fraction of sp³-hybridized carbons (Fsp3) is 0.350. The molecule has 0 aromatic heterocycles. The largest absolute Gasteiger partial charge is 0.384 e. The molecule has 0 saturated carbocycles. The first-order chi connectivity index (χ1) is 11.7. The Kier molecular flexibility index (Phi) is 5.28. The van der Waals surface area contributed by atoms with Crippen molar-refractivity contribution in [1.29, 1.82) is 0 Å². The average Bonchev–Trinajstić information content (AvgIpc) is 3.06. The van der Waals surface area contributed by atoms with Crippen molar-refractivity contribution in [1.82, 2.24) is 4.90 Å². The van der Waals surface area contributed by atoms with E-state index < -0.39 is 0 Å². The fourth-order valence-electron chi connectivity index (χ4n) is 3.17. The second-order valence-electron chi connectivity index (χ2n) is 6.28. The maximum absolute atomic E-state index is 12.9. The van der Waals surface area contributed by atoms with Crippen molar-refractivity contribution in [2.24, 2.45) is 5.73 Å². The van der Waals surface area contributed by atoms with Crippen LogP contribution in [0, 0.1) is 0 Å². The molecule has 0 unspecified atom stereocenters. The molecule has 4 heteroatoms. The van der Waals surface area contributed by atoms with Gasteiger partial charge >= 0.3 is 0 Å². The summed E-state index contributed by atoms with van der Waals surface area (Å²) in [7, 11) is 1.68. The monoisotopic (exact) mass is 324 g/mol. The van der Waals surface area contributed by atoms with E-state index in [4.69, 9.17) is 10.5 Å². The maximum Gasteiger partial charge on any atom is 0.254 e. The Bertz CT molecular complexity index is 700. The third kappa shape index (κ3) is 3.66. The molecule has 0 spiro atoms. The van der Waals surface area contributed by atoms with Crippen LogP contribution in [0.25, 0.3) is 11.1 Å². The molecule has 2 aromatic rings. The highest BCUT2D eigenvalue weighted by Crippen LogP contribution is 2.24. The maximum atomic E-state index is 12.9. The molecule has 2 aromatic carbocycles. The van der Waals surface area contributed by atoms with Gasteiger partial charge in [0.05, 0.1) is 6.61 Å². The Morgan fingerprint density at radius 1 is 1.21 bits per heavy atom. The number of ether oxygens (including phenoxy) is 1. The molecule has 2 N–H and O–H groups in total. The number of nitrogens with two attached hydrogens (primary N) is 1. The molecular formula is C20H24N2O2. The van der Waals surface area contributed by atoms with Gasteiger partial charge in [-0.05, 0) is 35.6 Å². The third-order valence-electron chi connectivity index (χ3n) is 4.53. The van der Waals surface area contributed by atoms with Gasteiger partial charge in [-0.2, -0.15) is 0 Å². The van der Waals surface area contributed by atoms with Crippen molar-refractivity contribution < 1.29 is 9.53 Å². The van der Waals surface area contributed by atoms with Gasteiger partial charge in [0.2, 0.25) is 0 Å². The first kappa shape index (κ1) is 16.7. The Morgan fingerprint density at radius 2 is 2.00 bits per heavy atom. The molecule has 1 aliphatic rings. The lowest BCUT2D eigenvalue weighted by molar-refractivity contribution is 0.0789. The summed E-state index contributed by atoms with van der Waals surface area (Å²) in [6.07, 6.45) is 1.60. The predicted molar refractivity (Wildman–Crippen MR) is 96.0 cm³/mol. The van der Waals surface area contributed by atoms with Crippen LogP contribution in [0.4, 0.5) is 0 Å². The summed E-state index contributed by atoms with van der Waals surface area (Å²) in [5.74, 6) is 0.0775. The number of hydrogen-bond donors (Lipinski definition) is 1. The van der Waals surface area contributed by atoms with Crippen LogP contribution in [0.2, 0.25) is 0 Å². The summed E-state index contributed by atoms with van der Waals surface area (Å²) in [6.45, 7) is 1.98. The lowest BCUT2D eigenvalue weighted by atomic mass is 9.97. The van der Waals surface area contributed by atoms with Crippen LogP contribution in [0.1, 0.15) is 22.3 Å². The molecule has 4 nitrogen and oxygen atoms in total. The minimum Gasteiger partial charge on any atom is -0.384 e. The third-order valence-corrected chi connectivity index (χ3v) is 4.53. The van der Waals surface area contributed by atoms with Crippen LogP contribution >= 0.6 is 0 Å². The molecule has 126 valence electrons. The molecule has 0 aliphatic carbocycles. The summed E-state index contributed by atoms with van der Waals surface area (Å²) in [6, 6.07) is 16.4. The quantitative estimate of drug-likeness (QED) is 0.920. The van der Waals surface area contributed by atoms with Gasteiger partial charge in [-0.25, -0.2) is 0 Å². The molecule has 1 aliphatic heterocycles. The van der Waals surface area contributed by atoms with Crippen LogP contribution in [-0.4, -0.2) is 43.7 Å². The molecule has 0 radical (unpaired) electrons. The second kappa shape index (κ2) is 7.60. The minimum atomic E-state index is 0.0775. The molecule has 1 amide bonds. The van der Waals surface area contributed by atoms with E-state index in [1.54, 1.807) is 7.11 Å². The minimum absolute atomic E-state index is 0.0775. The molecule has 0 bridgehead atoms. The molecule has 1 saturated heterocycles. The zero-order valence-electron chi connectivity index (χ0n) is 14.1. The Hall–Kier alpha value is -2.17. The smallest absolute Gasteiger partial charge is 0.254 e. The first-order valence-corrected chi connectivity index (χ1v) is 8.41. The standard InChI is InChI=1S/C20H24N2O2/c1-24-12-10-17-13-16(15-5-3-2-4-6-15)7-8-19(17)20(23)22-11-9-18(21)14-22/h2-8,13,18H,9-12,14,21H2,1H3/t18-/m0/s1.